The number of hydrogen-bond acceptors (Lipinski definition) is 3. The van der Waals surface area contributed by atoms with Crippen molar-refractivity contribution in [1.29, 1.82) is 0 Å². The van der Waals surface area contributed by atoms with Crippen LogP contribution in [0.25, 0.3) is 10.4 Å². The molecule has 2 nitrogen and oxygen atoms in total. The summed E-state index contributed by atoms with van der Waals surface area (Å²) >= 11 is 7.45. The molecule has 2 aromatic rings. The van der Waals surface area contributed by atoms with Crippen LogP contribution in [-0.2, 0) is 5.88 Å². The Kier molecular flexibility index (Phi) is 3.69. The molecule has 4 heteroatoms. The van der Waals surface area contributed by atoms with E-state index in [1.54, 1.807) is 18.4 Å². The van der Waals surface area contributed by atoms with E-state index in [4.69, 9.17) is 16.3 Å². The molecule has 0 spiro atoms. The lowest BCUT2D eigenvalue weighted by Gasteiger charge is -2.08. The van der Waals surface area contributed by atoms with Gasteiger partial charge in [0.05, 0.1) is 23.6 Å². The van der Waals surface area contributed by atoms with Gasteiger partial charge in [-0.25, -0.2) is 4.98 Å². The van der Waals surface area contributed by atoms with Crippen LogP contribution in [0.4, 0.5) is 0 Å². The molecule has 0 saturated carbocycles. The van der Waals surface area contributed by atoms with Crippen molar-refractivity contribution in [1.82, 2.24) is 4.98 Å². The van der Waals surface area contributed by atoms with Gasteiger partial charge in [0.1, 0.15) is 10.8 Å². The number of ether oxygens (including phenoxy) is 1. The van der Waals surface area contributed by atoms with Crippen LogP contribution in [0.5, 0.6) is 5.75 Å². The topological polar surface area (TPSA) is 22.1 Å². The number of thiazole rings is 1. The number of halogens is 1. The van der Waals surface area contributed by atoms with E-state index < -0.39 is 0 Å². The number of methoxy groups -OCH3 is 1. The number of nitrogens with zero attached hydrogens (tertiary/aromatic N) is 1. The molecule has 0 saturated heterocycles. The molecule has 0 amide bonds. The molecule has 0 N–H and O–H groups in total. The lowest BCUT2D eigenvalue weighted by molar-refractivity contribution is 0.416. The maximum absolute atomic E-state index is 5.82. The van der Waals surface area contributed by atoms with E-state index in [0.29, 0.717) is 5.88 Å². The van der Waals surface area contributed by atoms with Gasteiger partial charge in [-0.15, -0.1) is 22.9 Å². The Morgan fingerprint density at radius 2 is 2.12 bits per heavy atom. The number of aryl methyl sites for hydroxylation is 2. The van der Waals surface area contributed by atoms with Gasteiger partial charge in [0.25, 0.3) is 0 Å². The van der Waals surface area contributed by atoms with Gasteiger partial charge in [0.15, 0.2) is 0 Å². The summed E-state index contributed by atoms with van der Waals surface area (Å²) in [6.45, 7) is 4.07. The first-order valence-electron chi connectivity index (χ1n) is 5.33. The normalized spacial score (nSPS) is 10.6. The summed E-state index contributed by atoms with van der Waals surface area (Å²) in [5.41, 5.74) is 3.31. The zero-order chi connectivity index (χ0) is 12.4. The highest BCUT2D eigenvalue weighted by Crippen LogP contribution is 2.37. The quantitative estimate of drug-likeness (QED) is 0.779. The van der Waals surface area contributed by atoms with Crippen LogP contribution in [0.15, 0.2) is 18.2 Å². The Hall–Kier alpha value is -1.06. The first-order valence-corrected chi connectivity index (χ1v) is 6.68. The average molecular weight is 268 g/mol. The second-order valence-corrected chi connectivity index (χ2v) is 5.21. The predicted octanol–water partition coefficient (Wildman–Crippen LogP) is 4.17. The fraction of sp³-hybridized carbons (Fsp3) is 0.308. The average Bonchev–Trinajstić information content (AvgIpc) is 2.70. The Balaban J connectivity index is 2.58. The highest BCUT2D eigenvalue weighted by Gasteiger charge is 2.13. The highest BCUT2D eigenvalue weighted by atomic mass is 35.5. The van der Waals surface area contributed by atoms with E-state index in [0.717, 1.165) is 26.9 Å². The highest BCUT2D eigenvalue weighted by molar-refractivity contribution is 7.15. The van der Waals surface area contributed by atoms with Crippen LogP contribution >= 0.6 is 22.9 Å². The van der Waals surface area contributed by atoms with Gasteiger partial charge in [0, 0.05) is 5.56 Å². The number of aromatic nitrogens is 1. The van der Waals surface area contributed by atoms with Gasteiger partial charge < -0.3 is 4.74 Å². The minimum atomic E-state index is 0.458. The number of benzene rings is 1. The summed E-state index contributed by atoms with van der Waals surface area (Å²) in [4.78, 5) is 5.58. The lowest BCUT2D eigenvalue weighted by Crippen LogP contribution is -1.88. The molecule has 2 rings (SSSR count). The Labute approximate surface area is 110 Å². The van der Waals surface area contributed by atoms with E-state index in [9.17, 15) is 0 Å². The maximum atomic E-state index is 5.82. The summed E-state index contributed by atoms with van der Waals surface area (Å²) < 4.78 is 5.40. The van der Waals surface area contributed by atoms with E-state index in [2.05, 4.69) is 18.0 Å². The van der Waals surface area contributed by atoms with Crippen molar-refractivity contribution >= 4 is 22.9 Å². The Morgan fingerprint density at radius 3 is 2.71 bits per heavy atom. The van der Waals surface area contributed by atoms with Gasteiger partial charge in [-0.05, 0) is 26.0 Å². The SMILES string of the molecule is COc1ccc(C)cc1-c1sc(CCl)nc1C. The molecule has 1 aromatic heterocycles. The van der Waals surface area contributed by atoms with E-state index in [1.165, 1.54) is 5.56 Å². The fourth-order valence-electron chi connectivity index (χ4n) is 1.76. The van der Waals surface area contributed by atoms with Crippen molar-refractivity contribution in [3.63, 3.8) is 0 Å². The number of hydrogen-bond donors (Lipinski definition) is 0. The van der Waals surface area contributed by atoms with Crippen molar-refractivity contribution in [2.45, 2.75) is 19.7 Å². The molecular weight excluding hydrogens is 254 g/mol. The molecule has 0 fully saturated rings. The van der Waals surface area contributed by atoms with Crippen LogP contribution in [0.2, 0.25) is 0 Å². The van der Waals surface area contributed by atoms with Crippen molar-refractivity contribution in [3.8, 4) is 16.2 Å². The molecule has 0 radical (unpaired) electrons. The third-order valence-corrected chi connectivity index (χ3v) is 4.16. The summed E-state index contributed by atoms with van der Waals surface area (Å²) in [7, 11) is 1.69. The lowest BCUT2D eigenvalue weighted by atomic mass is 10.1. The molecule has 1 heterocycles. The number of alkyl halides is 1. The van der Waals surface area contributed by atoms with Crippen LogP contribution < -0.4 is 4.74 Å². The van der Waals surface area contributed by atoms with Crippen LogP contribution in [-0.4, -0.2) is 12.1 Å². The summed E-state index contributed by atoms with van der Waals surface area (Å²) in [6.07, 6.45) is 0. The first kappa shape index (κ1) is 12.4. The third kappa shape index (κ3) is 2.45. The minimum Gasteiger partial charge on any atom is -0.496 e. The largest absolute Gasteiger partial charge is 0.496 e. The molecule has 0 aliphatic heterocycles. The summed E-state index contributed by atoms with van der Waals surface area (Å²) in [6, 6.07) is 6.16. The molecule has 0 unspecified atom stereocenters. The zero-order valence-corrected chi connectivity index (χ0v) is 11.7. The molecule has 0 atom stereocenters. The molecule has 0 aliphatic carbocycles. The van der Waals surface area contributed by atoms with Gasteiger partial charge in [-0.2, -0.15) is 0 Å². The third-order valence-electron chi connectivity index (χ3n) is 2.55. The van der Waals surface area contributed by atoms with E-state index in [1.807, 2.05) is 19.1 Å². The van der Waals surface area contributed by atoms with Crippen molar-refractivity contribution < 1.29 is 4.74 Å². The van der Waals surface area contributed by atoms with E-state index >= 15 is 0 Å². The van der Waals surface area contributed by atoms with Crippen LogP contribution in [0.1, 0.15) is 16.3 Å². The Morgan fingerprint density at radius 1 is 1.35 bits per heavy atom. The maximum Gasteiger partial charge on any atom is 0.127 e. The molecule has 0 bridgehead atoms. The van der Waals surface area contributed by atoms with E-state index in [-0.39, 0.29) is 0 Å². The van der Waals surface area contributed by atoms with Crippen molar-refractivity contribution in [3.05, 3.63) is 34.5 Å². The standard InChI is InChI=1S/C13H14ClNOS/c1-8-4-5-11(16-3)10(6-8)13-9(2)15-12(7-14)17-13/h4-6H,7H2,1-3H3. The van der Waals surface area contributed by atoms with Crippen molar-refractivity contribution in [2.24, 2.45) is 0 Å². The predicted molar refractivity (Wildman–Crippen MR) is 73.1 cm³/mol. The summed E-state index contributed by atoms with van der Waals surface area (Å²) in [5, 5.41) is 0.947. The monoisotopic (exact) mass is 267 g/mol. The van der Waals surface area contributed by atoms with Gasteiger partial charge in [-0.1, -0.05) is 11.6 Å². The molecule has 0 aliphatic rings. The number of rotatable bonds is 3. The zero-order valence-electron chi connectivity index (χ0n) is 10.1. The molecule has 1 aromatic carbocycles. The second-order valence-electron chi connectivity index (χ2n) is 3.86. The minimum absolute atomic E-state index is 0.458. The molecular formula is C13H14ClNOS. The van der Waals surface area contributed by atoms with Gasteiger partial charge in [-0.3, -0.25) is 0 Å². The second kappa shape index (κ2) is 5.07. The first-order chi connectivity index (χ1) is 8.15. The van der Waals surface area contributed by atoms with Crippen LogP contribution in [0.3, 0.4) is 0 Å². The smallest absolute Gasteiger partial charge is 0.127 e. The van der Waals surface area contributed by atoms with Gasteiger partial charge >= 0.3 is 0 Å². The Bertz CT molecular complexity index is 536. The summed E-state index contributed by atoms with van der Waals surface area (Å²) in [5.74, 6) is 1.34. The van der Waals surface area contributed by atoms with Gasteiger partial charge in [0.2, 0.25) is 0 Å². The molecule has 90 valence electrons. The van der Waals surface area contributed by atoms with Crippen molar-refractivity contribution in [2.75, 3.05) is 7.11 Å². The fourth-order valence-corrected chi connectivity index (χ4v) is 2.92. The molecule has 17 heavy (non-hydrogen) atoms. The van der Waals surface area contributed by atoms with Crippen LogP contribution in [0, 0.1) is 13.8 Å².